The van der Waals surface area contributed by atoms with Gasteiger partial charge in [0.05, 0.1) is 14.2 Å². The molecule has 1 amide bonds. The summed E-state index contributed by atoms with van der Waals surface area (Å²) in [5.74, 6) is -0.0201. The summed E-state index contributed by atoms with van der Waals surface area (Å²) in [4.78, 5) is 12.5. The summed E-state index contributed by atoms with van der Waals surface area (Å²) in [6, 6.07) is 24.6. The second-order valence-electron chi connectivity index (χ2n) is 8.02. The van der Waals surface area contributed by atoms with Crippen LogP contribution in [0.15, 0.2) is 94.3 Å². The van der Waals surface area contributed by atoms with E-state index in [9.17, 15) is 13.2 Å². The number of carbonyl (C=O) groups is 1. The van der Waals surface area contributed by atoms with E-state index in [-0.39, 0.29) is 10.6 Å². The van der Waals surface area contributed by atoms with Crippen LogP contribution in [-0.2, 0) is 21.2 Å². The Balaban J connectivity index is 1.58. The first-order valence-electron chi connectivity index (χ1n) is 11.0. The molecule has 0 radical (unpaired) electrons. The topological polar surface area (TPSA) is 81.7 Å². The third-order valence-corrected chi connectivity index (χ3v) is 7.49. The SMILES string of the molecule is COc1ccc(Cc2ccc3ccccc3c2)c(/C=C/C(=O)NS(=O)(=O)c2cc(Br)ccc2OC)c1. The number of carbonyl (C=O) groups excluding carboxylic acids is 1. The van der Waals surface area contributed by atoms with E-state index in [1.54, 1.807) is 19.3 Å². The fraction of sp³-hybridized carbons (Fsp3) is 0.107. The Labute approximate surface area is 218 Å². The number of benzene rings is 4. The number of methoxy groups -OCH3 is 2. The molecule has 0 aliphatic heterocycles. The van der Waals surface area contributed by atoms with Crippen molar-refractivity contribution in [3.05, 3.63) is 106 Å². The van der Waals surface area contributed by atoms with E-state index in [1.807, 2.05) is 30.3 Å². The van der Waals surface area contributed by atoms with Gasteiger partial charge in [-0.25, -0.2) is 13.1 Å². The summed E-state index contributed by atoms with van der Waals surface area (Å²) in [5.41, 5.74) is 2.82. The van der Waals surface area contributed by atoms with Crippen LogP contribution < -0.4 is 14.2 Å². The molecule has 0 aliphatic rings. The summed E-state index contributed by atoms with van der Waals surface area (Å²) >= 11 is 3.25. The first-order valence-corrected chi connectivity index (χ1v) is 13.3. The molecule has 0 heterocycles. The second-order valence-corrected chi connectivity index (χ2v) is 10.6. The van der Waals surface area contributed by atoms with Gasteiger partial charge in [-0.05, 0) is 70.3 Å². The third-order valence-electron chi connectivity index (χ3n) is 5.63. The van der Waals surface area contributed by atoms with E-state index < -0.39 is 15.9 Å². The number of hydrogen-bond acceptors (Lipinski definition) is 5. The van der Waals surface area contributed by atoms with Crippen molar-refractivity contribution in [2.75, 3.05) is 14.2 Å². The fourth-order valence-electron chi connectivity index (χ4n) is 3.83. The average Bonchev–Trinajstić information content (AvgIpc) is 2.87. The Morgan fingerprint density at radius 3 is 2.44 bits per heavy atom. The number of sulfonamides is 1. The molecule has 0 aromatic heterocycles. The smallest absolute Gasteiger partial charge is 0.268 e. The van der Waals surface area contributed by atoms with Crippen LogP contribution in [-0.4, -0.2) is 28.5 Å². The zero-order valence-electron chi connectivity index (χ0n) is 19.7. The lowest BCUT2D eigenvalue weighted by Crippen LogP contribution is -2.29. The summed E-state index contributed by atoms with van der Waals surface area (Å²) < 4.78 is 38.7. The number of halogens is 1. The predicted molar refractivity (Wildman–Crippen MR) is 145 cm³/mol. The van der Waals surface area contributed by atoms with Gasteiger partial charge in [0.25, 0.3) is 15.9 Å². The van der Waals surface area contributed by atoms with E-state index in [0.717, 1.165) is 27.5 Å². The van der Waals surface area contributed by atoms with Gasteiger partial charge in [-0.3, -0.25) is 4.79 Å². The molecule has 4 rings (SSSR count). The number of ether oxygens (including phenoxy) is 2. The molecule has 36 heavy (non-hydrogen) atoms. The van der Waals surface area contributed by atoms with E-state index in [0.29, 0.717) is 16.6 Å². The standard InChI is InChI=1S/C28H24BrNO5S/c1-34-25-12-9-22(16-19-7-8-20-5-3-4-6-21(20)15-19)23(17-25)10-14-28(31)30-36(32,33)27-18-24(29)11-13-26(27)35-2/h3-15,17-18H,16H2,1-2H3,(H,30,31)/b14-10+. The van der Waals surface area contributed by atoms with Crippen LogP contribution in [0, 0.1) is 0 Å². The largest absolute Gasteiger partial charge is 0.497 e. The molecule has 0 aliphatic carbocycles. The number of nitrogens with one attached hydrogen (secondary N) is 1. The summed E-state index contributed by atoms with van der Waals surface area (Å²) in [6.45, 7) is 0. The average molecular weight is 566 g/mol. The van der Waals surface area contributed by atoms with Crippen LogP contribution in [0.3, 0.4) is 0 Å². The van der Waals surface area contributed by atoms with Crippen LogP contribution in [0.4, 0.5) is 0 Å². The highest BCUT2D eigenvalue weighted by molar-refractivity contribution is 9.10. The second kappa shape index (κ2) is 11.0. The molecule has 0 unspecified atom stereocenters. The Morgan fingerprint density at radius 1 is 0.917 bits per heavy atom. The van der Waals surface area contributed by atoms with Crippen LogP contribution in [0.25, 0.3) is 16.8 Å². The van der Waals surface area contributed by atoms with Gasteiger partial charge in [-0.15, -0.1) is 0 Å². The lowest BCUT2D eigenvalue weighted by Gasteiger charge is -2.11. The first-order chi connectivity index (χ1) is 17.3. The Hall–Kier alpha value is -3.62. The van der Waals surface area contributed by atoms with Crippen molar-refractivity contribution in [1.29, 1.82) is 0 Å². The molecule has 0 spiro atoms. The normalized spacial score (nSPS) is 11.5. The number of fused-ring (bicyclic) bond motifs is 1. The molecule has 1 N–H and O–H groups in total. The van der Waals surface area contributed by atoms with Crippen molar-refractivity contribution in [3.63, 3.8) is 0 Å². The molecular formula is C28H24BrNO5S. The van der Waals surface area contributed by atoms with Crippen LogP contribution in [0.5, 0.6) is 11.5 Å². The monoisotopic (exact) mass is 565 g/mol. The van der Waals surface area contributed by atoms with Gasteiger partial charge in [0.2, 0.25) is 0 Å². The van der Waals surface area contributed by atoms with Crippen LogP contribution in [0.1, 0.15) is 16.7 Å². The van der Waals surface area contributed by atoms with Crippen molar-refractivity contribution >= 4 is 48.7 Å². The Morgan fingerprint density at radius 2 is 1.69 bits per heavy atom. The van der Waals surface area contributed by atoms with Gasteiger partial charge in [0.15, 0.2) is 0 Å². The van der Waals surface area contributed by atoms with E-state index in [4.69, 9.17) is 9.47 Å². The molecule has 4 aromatic carbocycles. The minimum atomic E-state index is -4.15. The zero-order chi connectivity index (χ0) is 25.7. The molecule has 4 aromatic rings. The molecule has 0 bridgehead atoms. The molecule has 184 valence electrons. The molecule has 6 nitrogen and oxygen atoms in total. The quantitative estimate of drug-likeness (QED) is 0.276. The van der Waals surface area contributed by atoms with Gasteiger partial charge in [0, 0.05) is 10.5 Å². The van der Waals surface area contributed by atoms with Crippen LogP contribution in [0.2, 0.25) is 0 Å². The van der Waals surface area contributed by atoms with E-state index in [1.165, 1.54) is 25.3 Å². The highest BCUT2D eigenvalue weighted by Gasteiger charge is 2.21. The summed E-state index contributed by atoms with van der Waals surface area (Å²) in [6.07, 6.45) is 3.41. The minimum Gasteiger partial charge on any atom is -0.497 e. The number of amides is 1. The van der Waals surface area contributed by atoms with Crippen molar-refractivity contribution in [1.82, 2.24) is 4.72 Å². The zero-order valence-corrected chi connectivity index (χ0v) is 22.1. The van der Waals surface area contributed by atoms with E-state index in [2.05, 4.69) is 51.0 Å². The number of rotatable bonds is 8. The van der Waals surface area contributed by atoms with Crippen molar-refractivity contribution in [2.24, 2.45) is 0 Å². The van der Waals surface area contributed by atoms with Gasteiger partial charge in [-0.2, -0.15) is 0 Å². The summed E-state index contributed by atoms with van der Waals surface area (Å²) in [7, 11) is -1.22. The first kappa shape index (κ1) is 25.5. The maximum Gasteiger partial charge on any atom is 0.268 e. The van der Waals surface area contributed by atoms with Crippen molar-refractivity contribution < 1.29 is 22.7 Å². The minimum absolute atomic E-state index is 0.132. The lowest BCUT2D eigenvalue weighted by atomic mass is 9.97. The van der Waals surface area contributed by atoms with Gasteiger partial charge in [-0.1, -0.05) is 64.5 Å². The highest BCUT2D eigenvalue weighted by Crippen LogP contribution is 2.27. The molecule has 0 saturated carbocycles. The predicted octanol–water partition coefficient (Wildman–Crippen LogP) is 5.73. The van der Waals surface area contributed by atoms with Gasteiger partial charge in [0.1, 0.15) is 16.4 Å². The summed E-state index contributed by atoms with van der Waals surface area (Å²) in [5, 5.41) is 2.31. The van der Waals surface area contributed by atoms with Gasteiger partial charge < -0.3 is 9.47 Å². The molecule has 8 heteroatoms. The molecule has 0 atom stereocenters. The molecule has 0 fully saturated rings. The Bertz CT molecular complexity index is 1560. The Kier molecular flexibility index (Phi) is 7.76. The van der Waals surface area contributed by atoms with Gasteiger partial charge >= 0.3 is 0 Å². The maximum atomic E-state index is 12.8. The van der Waals surface area contributed by atoms with Crippen molar-refractivity contribution in [2.45, 2.75) is 11.3 Å². The van der Waals surface area contributed by atoms with Crippen LogP contribution >= 0.6 is 15.9 Å². The number of hydrogen-bond donors (Lipinski definition) is 1. The lowest BCUT2D eigenvalue weighted by molar-refractivity contribution is -0.114. The molecular weight excluding hydrogens is 542 g/mol. The van der Waals surface area contributed by atoms with Crippen molar-refractivity contribution in [3.8, 4) is 11.5 Å². The third kappa shape index (κ3) is 5.95. The molecule has 0 saturated heterocycles. The van der Waals surface area contributed by atoms with E-state index >= 15 is 0 Å². The fourth-order valence-corrected chi connectivity index (χ4v) is 5.49. The highest BCUT2D eigenvalue weighted by atomic mass is 79.9. The maximum absolute atomic E-state index is 12.8.